The first kappa shape index (κ1) is 15.9. The number of carbonyl (C=O) groups is 2. The monoisotopic (exact) mass is 341 g/mol. The maximum absolute atomic E-state index is 12.8. The van der Waals surface area contributed by atoms with Gasteiger partial charge in [0.25, 0.3) is 5.91 Å². The van der Waals surface area contributed by atoms with Gasteiger partial charge < -0.3 is 10.0 Å². The summed E-state index contributed by atoms with van der Waals surface area (Å²) in [6.07, 6.45) is 0. The van der Waals surface area contributed by atoms with Gasteiger partial charge in [-0.05, 0) is 23.6 Å². The molecule has 6 nitrogen and oxygen atoms in total. The maximum Gasteiger partial charge on any atom is 0.356 e. The fourth-order valence-electron chi connectivity index (χ4n) is 2.31. The van der Waals surface area contributed by atoms with E-state index in [1.807, 2.05) is 23.6 Å². The molecule has 0 fully saturated rings. The molecule has 0 saturated heterocycles. The minimum atomic E-state index is -1.17. The zero-order chi connectivity index (χ0) is 17.1. The zero-order valence-electron chi connectivity index (χ0n) is 12.9. The van der Waals surface area contributed by atoms with Gasteiger partial charge in [-0.2, -0.15) is 5.10 Å². The molecule has 2 heterocycles. The number of nitrogens with zero attached hydrogens (tertiary/aromatic N) is 3. The lowest BCUT2D eigenvalue weighted by atomic mass is 10.3. The van der Waals surface area contributed by atoms with Gasteiger partial charge in [0.1, 0.15) is 5.69 Å². The summed E-state index contributed by atoms with van der Waals surface area (Å²) in [7, 11) is 1.69. The van der Waals surface area contributed by atoms with E-state index in [0.717, 1.165) is 4.88 Å². The Labute approximate surface area is 142 Å². The number of para-hydroxylation sites is 1. The van der Waals surface area contributed by atoms with Crippen LogP contribution in [0.3, 0.4) is 0 Å². The smallest absolute Gasteiger partial charge is 0.356 e. The number of hydrogen-bond donors (Lipinski definition) is 1. The number of amides is 1. The first-order valence-electron chi connectivity index (χ1n) is 7.23. The van der Waals surface area contributed by atoms with Gasteiger partial charge in [0.05, 0.1) is 12.2 Å². The third-order valence-electron chi connectivity index (χ3n) is 3.47. The second-order valence-electron chi connectivity index (χ2n) is 5.21. The molecule has 0 saturated carbocycles. The molecule has 3 aromatic rings. The lowest BCUT2D eigenvalue weighted by Gasteiger charge is -2.17. The number of carboxylic acids is 1. The van der Waals surface area contributed by atoms with E-state index in [9.17, 15) is 14.7 Å². The molecule has 122 valence electrons. The number of benzene rings is 1. The molecule has 24 heavy (non-hydrogen) atoms. The molecule has 0 spiro atoms. The van der Waals surface area contributed by atoms with E-state index in [-0.39, 0.29) is 17.3 Å². The van der Waals surface area contributed by atoms with Crippen molar-refractivity contribution in [3.05, 3.63) is 70.2 Å². The maximum atomic E-state index is 12.8. The van der Waals surface area contributed by atoms with Crippen LogP contribution in [-0.4, -0.2) is 38.7 Å². The SMILES string of the molecule is CN(Cc1cccs1)C(=O)c1cc(C(=O)O)nn1-c1ccccc1. The third kappa shape index (κ3) is 3.21. The van der Waals surface area contributed by atoms with Crippen LogP contribution in [0, 0.1) is 0 Å². The minimum Gasteiger partial charge on any atom is -0.476 e. The van der Waals surface area contributed by atoms with E-state index in [2.05, 4.69) is 5.10 Å². The van der Waals surface area contributed by atoms with Gasteiger partial charge in [0.15, 0.2) is 5.69 Å². The molecule has 0 radical (unpaired) electrons. The molecule has 0 bridgehead atoms. The fourth-order valence-corrected chi connectivity index (χ4v) is 3.06. The molecule has 0 atom stereocenters. The summed E-state index contributed by atoms with van der Waals surface area (Å²) < 4.78 is 1.37. The Balaban J connectivity index is 1.96. The normalized spacial score (nSPS) is 10.5. The van der Waals surface area contributed by atoms with Gasteiger partial charge in [-0.3, -0.25) is 4.79 Å². The summed E-state index contributed by atoms with van der Waals surface area (Å²) in [4.78, 5) is 26.6. The Hall–Kier alpha value is -2.93. The number of rotatable bonds is 5. The zero-order valence-corrected chi connectivity index (χ0v) is 13.7. The average Bonchev–Trinajstić information content (AvgIpc) is 3.24. The summed E-state index contributed by atoms with van der Waals surface area (Å²) in [5.41, 5.74) is 0.697. The van der Waals surface area contributed by atoms with Gasteiger partial charge in [0, 0.05) is 18.0 Å². The molecular weight excluding hydrogens is 326 g/mol. The summed E-state index contributed by atoms with van der Waals surface area (Å²) >= 11 is 1.56. The van der Waals surface area contributed by atoms with Gasteiger partial charge in [-0.1, -0.05) is 24.3 Å². The number of aromatic nitrogens is 2. The number of thiophene rings is 1. The standard InChI is InChI=1S/C17H15N3O3S/c1-19(11-13-8-5-9-24-13)16(21)15-10-14(17(22)23)18-20(15)12-6-3-2-4-7-12/h2-10H,11H2,1H3,(H,22,23). The molecule has 3 rings (SSSR count). The van der Waals surface area contributed by atoms with E-state index in [4.69, 9.17) is 0 Å². The van der Waals surface area contributed by atoms with E-state index in [1.54, 1.807) is 47.5 Å². The van der Waals surface area contributed by atoms with Crippen molar-refractivity contribution in [1.29, 1.82) is 0 Å². The Bertz CT molecular complexity index is 857. The average molecular weight is 341 g/mol. The molecule has 1 N–H and O–H groups in total. The lowest BCUT2D eigenvalue weighted by Crippen LogP contribution is -2.28. The number of carboxylic acid groups (broad SMARTS) is 1. The topological polar surface area (TPSA) is 75.4 Å². The van der Waals surface area contributed by atoms with Crippen molar-refractivity contribution in [2.24, 2.45) is 0 Å². The molecule has 7 heteroatoms. The Morgan fingerprint density at radius 1 is 1.21 bits per heavy atom. The van der Waals surface area contributed by atoms with Gasteiger partial charge in [-0.15, -0.1) is 11.3 Å². The number of carbonyl (C=O) groups excluding carboxylic acids is 1. The molecule has 0 aliphatic heterocycles. The quantitative estimate of drug-likeness (QED) is 0.774. The highest BCUT2D eigenvalue weighted by molar-refractivity contribution is 7.09. The predicted molar refractivity (Wildman–Crippen MR) is 90.6 cm³/mol. The van der Waals surface area contributed by atoms with Crippen molar-refractivity contribution in [3.8, 4) is 5.69 Å². The van der Waals surface area contributed by atoms with Crippen molar-refractivity contribution in [2.45, 2.75) is 6.54 Å². The molecule has 0 aliphatic rings. The van der Waals surface area contributed by atoms with Crippen molar-refractivity contribution < 1.29 is 14.7 Å². The summed E-state index contributed by atoms with van der Waals surface area (Å²) in [6.45, 7) is 0.457. The van der Waals surface area contributed by atoms with Crippen LogP contribution in [-0.2, 0) is 6.54 Å². The first-order chi connectivity index (χ1) is 11.6. The number of hydrogen-bond acceptors (Lipinski definition) is 4. The number of aromatic carboxylic acids is 1. The van der Waals surface area contributed by atoms with Crippen LogP contribution in [0.25, 0.3) is 5.69 Å². The van der Waals surface area contributed by atoms with Crippen LogP contribution in [0.2, 0.25) is 0 Å². The third-order valence-corrected chi connectivity index (χ3v) is 4.33. The van der Waals surface area contributed by atoms with Crippen molar-refractivity contribution in [1.82, 2.24) is 14.7 Å². The molecule has 1 aromatic carbocycles. The highest BCUT2D eigenvalue weighted by Crippen LogP contribution is 2.17. The van der Waals surface area contributed by atoms with E-state index < -0.39 is 5.97 Å². The Morgan fingerprint density at radius 3 is 2.58 bits per heavy atom. The van der Waals surface area contributed by atoms with E-state index in [1.165, 1.54) is 10.7 Å². The van der Waals surface area contributed by atoms with E-state index >= 15 is 0 Å². The first-order valence-corrected chi connectivity index (χ1v) is 8.11. The Kier molecular flexibility index (Phi) is 4.43. The van der Waals surface area contributed by atoms with Crippen molar-refractivity contribution in [3.63, 3.8) is 0 Å². The largest absolute Gasteiger partial charge is 0.476 e. The highest BCUT2D eigenvalue weighted by atomic mass is 32.1. The molecular formula is C17H15N3O3S. The van der Waals surface area contributed by atoms with Crippen LogP contribution in [0.15, 0.2) is 53.9 Å². The molecule has 2 aromatic heterocycles. The van der Waals surface area contributed by atoms with Crippen LogP contribution >= 0.6 is 11.3 Å². The summed E-state index contributed by atoms with van der Waals surface area (Å²) in [5.74, 6) is -1.45. The molecule has 0 unspecified atom stereocenters. The lowest BCUT2D eigenvalue weighted by molar-refractivity contribution is 0.0689. The van der Waals surface area contributed by atoms with Crippen LogP contribution in [0.1, 0.15) is 25.9 Å². The van der Waals surface area contributed by atoms with Gasteiger partial charge >= 0.3 is 5.97 Å². The van der Waals surface area contributed by atoms with Crippen LogP contribution < -0.4 is 0 Å². The van der Waals surface area contributed by atoms with Crippen molar-refractivity contribution in [2.75, 3.05) is 7.05 Å². The second kappa shape index (κ2) is 6.67. The Morgan fingerprint density at radius 2 is 1.96 bits per heavy atom. The van der Waals surface area contributed by atoms with Crippen LogP contribution in [0.4, 0.5) is 0 Å². The fraction of sp³-hybridized carbons (Fsp3) is 0.118. The summed E-state index contributed by atoms with van der Waals surface area (Å²) in [6, 6.07) is 14.2. The summed E-state index contributed by atoms with van der Waals surface area (Å²) in [5, 5.41) is 15.2. The van der Waals surface area contributed by atoms with Gasteiger partial charge in [0.2, 0.25) is 0 Å². The van der Waals surface area contributed by atoms with Crippen molar-refractivity contribution >= 4 is 23.2 Å². The minimum absolute atomic E-state index is 0.160. The second-order valence-corrected chi connectivity index (χ2v) is 6.24. The molecule has 1 amide bonds. The molecule has 0 aliphatic carbocycles. The highest BCUT2D eigenvalue weighted by Gasteiger charge is 2.22. The van der Waals surface area contributed by atoms with Crippen LogP contribution in [0.5, 0.6) is 0 Å². The van der Waals surface area contributed by atoms with E-state index in [0.29, 0.717) is 12.2 Å². The van der Waals surface area contributed by atoms with Gasteiger partial charge in [-0.25, -0.2) is 9.48 Å². The predicted octanol–water partition coefficient (Wildman–Crippen LogP) is 2.90.